The highest BCUT2D eigenvalue weighted by Crippen LogP contribution is 2.17. The van der Waals surface area contributed by atoms with E-state index in [1.807, 2.05) is 24.3 Å². The van der Waals surface area contributed by atoms with Gasteiger partial charge in [-0.05, 0) is 24.1 Å². The lowest BCUT2D eigenvalue weighted by Crippen LogP contribution is -2.47. The van der Waals surface area contributed by atoms with Crippen LogP contribution < -0.4 is 10.2 Å². The number of nitrogens with zero attached hydrogens (tertiary/aromatic N) is 1. The first-order chi connectivity index (χ1) is 10.0. The van der Waals surface area contributed by atoms with Crippen LogP contribution in [0, 0.1) is 5.92 Å². The van der Waals surface area contributed by atoms with E-state index in [2.05, 4.69) is 12.2 Å². The van der Waals surface area contributed by atoms with E-state index in [4.69, 9.17) is 9.84 Å². The Labute approximate surface area is 123 Å². The van der Waals surface area contributed by atoms with Gasteiger partial charge in [0.25, 0.3) is 0 Å². The van der Waals surface area contributed by atoms with Crippen LogP contribution >= 0.6 is 0 Å². The number of hydrogen-bond donors (Lipinski definition) is 2. The molecule has 2 rings (SSSR count). The Morgan fingerprint density at radius 3 is 2.57 bits per heavy atom. The third-order valence-electron chi connectivity index (χ3n) is 3.74. The summed E-state index contributed by atoms with van der Waals surface area (Å²) in [6.45, 7) is 2.43. The van der Waals surface area contributed by atoms with Crippen molar-refractivity contribution in [2.45, 2.75) is 19.4 Å². The van der Waals surface area contributed by atoms with Gasteiger partial charge in [-0.2, -0.15) is 0 Å². The fourth-order valence-corrected chi connectivity index (χ4v) is 2.27. The largest absolute Gasteiger partial charge is 0.481 e. The zero-order valence-electron chi connectivity index (χ0n) is 12.2. The summed E-state index contributed by atoms with van der Waals surface area (Å²) < 4.78 is 5.13. The minimum atomic E-state index is -0.951. The molecule has 1 aromatic carbocycles. The zero-order chi connectivity index (χ0) is 15.4. The van der Waals surface area contributed by atoms with Crippen molar-refractivity contribution in [1.29, 1.82) is 0 Å². The van der Waals surface area contributed by atoms with Crippen LogP contribution in [0.5, 0.6) is 0 Å². The van der Waals surface area contributed by atoms with Gasteiger partial charge in [-0.15, -0.1) is 0 Å². The van der Waals surface area contributed by atoms with Crippen molar-refractivity contribution in [3.8, 4) is 0 Å². The molecule has 1 aliphatic rings. The first kappa shape index (κ1) is 15.3. The van der Waals surface area contributed by atoms with Gasteiger partial charge >= 0.3 is 12.0 Å². The Morgan fingerprint density at radius 1 is 1.33 bits per heavy atom. The number of aryl methyl sites for hydroxylation is 1. The van der Waals surface area contributed by atoms with Crippen LogP contribution in [0.15, 0.2) is 24.3 Å². The van der Waals surface area contributed by atoms with E-state index in [0.717, 1.165) is 12.1 Å². The Hall–Kier alpha value is -2.08. The normalized spacial score (nSPS) is 21.0. The number of benzene rings is 1. The molecule has 6 heteroatoms. The molecule has 1 saturated heterocycles. The van der Waals surface area contributed by atoms with E-state index in [9.17, 15) is 9.59 Å². The molecule has 0 aromatic heterocycles. The van der Waals surface area contributed by atoms with Crippen LogP contribution in [0.4, 0.5) is 10.5 Å². The van der Waals surface area contributed by atoms with Gasteiger partial charge in [0.05, 0.1) is 19.3 Å². The van der Waals surface area contributed by atoms with Gasteiger partial charge in [-0.1, -0.05) is 19.1 Å². The maximum atomic E-state index is 12.2. The lowest BCUT2D eigenvalue weighted by molar-refractivity contribution is -0.142. The second kappa shape index (κ2) is 6.58. The van der Waals surface area contributed by atoms with E-state index in [1.54, 1.807) is 7.05 Å². The molecule has 0 saturated carbocycles. The van der Waals surface area contributed by atoms with Crippen molar-refractivity contribution in [2.24, 2.45) is 5.92 Å². The average molecular weight is 292 g/mol. The number of urea groups is 1. The van der Waals surface area contributed by atoms with Crippen LogP contribution in [-0.4, -0.2) is 43.4 Å². The molecule has 1 fully saturated rings. The molecule has 0 radical (unpaired) electrons. The molecule has 0 bridgehead atoms. The predicted molar refractivity (Wildman–Crippen MR) is 78.5 cm³/mol. The average Bonchev–Trinajstić information content (AvgIpc) is 2.95. The van der Waals surface area contributed by atoms with Crippen molar-refractivity contribution in [1.82, 2.24) is 5.32 Å². The Kier molecular flexibility index (Phi) is 4.80. The summed E-state index contributed by atoms with van der Waals surface area (Å²) in [6, 6.07) is 6.86. The number of carbonyl (C=O) groups is 2. The van der Waals surface area contributed by atoms with Crippen molar-refractivity contribution < 1.29 is 19.4 Å². The molecule has 1 heterocycles. The minimum absolute atomic E-state index is 0.134. The van der Waals surface area contributed by atoms with Crippen molar-refractivity contribution in [3.05, 3.63) is 29.8 Å². The van der Waals surface area contributed by atoms with Crippen LogP contribution in [0.3, 0.4) is 0 Å². The minimum Gasteiger partial charge on any atom is -0.481 e. The van der Waals surface area contributed by atoms with Gasteiger partial charge in [0.2, 0.25) is 0 Å². The number of carboxylic acid groups (broad SMARTS) is 1. The summed E-state index contributed by atoms with van der Waals surface area (Å²) in [5, 5.41) is 11.8. The number of nitrogens with one attached hydrogen (secondary N) is 1. The summed E-state index contributed by atoms with van der Waals surface area (Å²) in [6.07, 6.45) is 0.940. The summed E-state index contributed by atoms with van der Waals surface area (Å²) in [5.74, 6) is -1.64. The molecular weight excluding hydrogens is 272 g/mol. The molecule has 2 atom stereocenters. The topological polar surface area (TPSA) is 78.9 Å². The number of ether oxygens (including phenoxy) is 1. The highest BCUT2D eigenvalue weighted by atomic mass is 16.5. The smallest absolute Gasteiger partial charge is 0.321 e. The number of carboxylic acids is 1. The molecule has 1 aromatic rings. The van der Waals surface area contributed by atoms with Gasteiger partial charge in [-0.25, -0.2) is 4.79 Å². The molecule has 2 N–H and O–H groups in total. The number of anilines is 1. The number of hydrogen-bond acceptors (Lipinski definition) is 3. The molecule has 114 valence electrons. The first-order valence-corrected chi connectivity index (χ1v) is 6.96. The molecule has 6 nitrogen and oxygen atoms in total. The van der Waals surface area contributed by atoms with Gasteiger partial charge in [0, 0.05) is 12.7 Å². The van der Waals surface area contributed by atoms with E-state index < -0.39 is 17.9 Å². The first-order valence-electron chi connectivity index (χ1n) is 6.96. The lowest BCUT2D eigenvalue weighted by Gasteiger charge is -2.22. The van der Waals surface area contributed by atoms with Crippen molar-refractivity contribution in [3.63, 3.8) is 0 Å². The summed E-state index contributed by atoms with van der Waals surface area (Å²) in [7, 11) is 1.65. The molecule has 21 heavy (non-hydrogen) atoms. The summed E-state index contributed by atoms with van der Waals surface area (Å²) >= 11 is 0. The molecule has 0 spiro atoms. The van der Waals surface area contributed by atoms with Crippen LogP contribution in [0.2, 0.25) is 0 Å². The van der Waals surface area contributed by atoms with Crippen molar-refractivity contribution in [2.75, 3.05) is 25.2 Å². The van der Waals surface area contributed by atoms with Gasteiger partial charge in [-0.3, -0.25) is 9.69 Å². The molecule has 1 aliphatic heterocycles. The molecule has 2 amide bonds. The third-order valence-corrected chi connectivity index (χ3v) is 3.74. The van der Waals surface area contributed by atoms with E-state index in [1.165, 1.54) is 10.5 Å². The maximum absolute atomic E-state index is 12.2. The number of carbonyl (C=O) groups excluding carboxylic acids is 1. The molecular formula is C15H20N2O4. The second-order valence-electron chi connectivity index (χ2n) is 5.12. The molecule has 2 unspecified atom stereocenters. The number of amides is 2. The Balaban J connectivity index is 2.00. The Morgan fingerprint density at radius 2 is 2.00 bits per heavy atom. The standard InChI is InChI=1S/C15H20N2O4/c1-3-10-4-6-11(7-5-10)17(2)15(20)16-13-9-21-8-12(13)14(18)19/h4-7,12-13H,3,8-9H2,1-2H3,(H,16,20)(H,18,19). The zero-order valence-corrected chi connectivity index (χ0v) is 12.2. The van der Waals surface area contributed by atoms with Crippen molar-refractivity contribution >= 4 is 17.7 Å². The fraction of sp³-hybridized carbons (Fsp3) is 0.467. The molecule has 0 aliphatic carbocycles. The SMILES string of the molecule is CCc1ccc(N(C)C(=O)NC2COCC2C(=O)O)cc1. The summed E-state index contributed by atoms with van der Waals surface area (Å²) in [5.41, 5.74) is 1.96. The van der Waals surface area contributed by atoms with Gasteiger partial charge < -0.3 is 15.2 Å². The van der Waals surface area contributed by atoms with E-state index >= 15 is 0 Å². The van der Waals surface area contributed by atoms with Crippen LogP contribution in [-0.2, 0) is 16.0 Å². The Bertz CT molecular complexity index is 515. The van der Waals surface area contributed by atoms with E-state index in [0.29, 0.717) is 0 Å². The van der Waals surface area contributed by atoms with Crippen LogP contribution in [0.25, 0.3) is 0 Å². The third kappa shape index (κ3) is 3.52. The van der Waals surface area contributed by atoms with Crippen LogP contribution in [0.1, 0.15) is 12.5 Å². The second-order valence-corrected chi connectivity index (χ2v) is 5.12. The highest BCUT2D eigenvalue weighted by Gasteiger charge is 2.35. The number of rotatable bonds is 4. The lowest BCUT2D eigenvalue weighted by atomic mass is 10.0. The maximum Gasteiger partial charge on any atom is 0.321 e. The summed E-state index contributed by atoms with van der Waals surface area (Å²) in [4.78, 5) is 24.7. The predicted octanol–water partition coefficient (Wildman–Crippen LogP) is 1.49. The van der Waals surface area contributed by atoms with E-state index in [-0.39, 0.29) is 19.2 Å². The monoisotopic (exact) mass is 292 g/mol. The quantitative estimate of drug-likeness (QED) is 0.881. The van der Waals surface area contributed by atoms with Gasteiger partial charge in [0.1, 0.15) is 5.92 Å². The van der Waals surface area contributed by atoms with Gasteiger partial charge in [0.15, 0.2) is 0 Å². The number of aliphatic carboxylic acids is 1. The fourth-order valence-electron chi connectivity index (χ4n) is 2.27. The highest BCUT2D eigenvalue weighted by molar-refractivity contribution is 5.92.